The number of nitrogens with one attached hydrogen (secondary N) is 1. The van der Waals surface area contributed by atoms with Crippen LogP contribution in [0.5, 0.6) is 5.75 Å². The number of benzene rings is 1. The summed E-state index contributed by atoms with van der Waals surface area (Å²) in [5.41, 5.74) is 0.999. The second-order valence-corrected chi connectivity index (χ2v) is 5.72. The lowest BCUT2D eigenvalue weighted by molar-refractivity contribution is -0.122. The van der Waals surface area contributed by atoms with E-state index in [4.69, 9.17) is 9.47 Å². The fraction of sp³-hybridized carbons (Fsp3) is 0.588. The maximum atomic E-state index is 12.1. The maximum absolute atomic E-state index is 12.1. The van der Waals surface area contributed by atoms with Gasteiger partial charge in [0.15, 0.2) is 0 Å². The third-order valence-electron chi connectivity index (χ3n) is 4.08. The van der Waals surface area contributed by atoms with E-state index >= 15 is 0 Å². The summed E-state index contributed by atoms with van der Waals surface area (Å²) in [6.45, 7) is 4.02. The van der Waals surface area contributed by atoms with Crippen molar-refractivity contribution in [3.63, 3.8) is 0 Å². The molecule has 1 aliphatic heterocycles. The molecule has 1 fully saturated rings. The van der Waals surface area contributed by atoms with Gasteiger partial charge in [-0.05, 0) is 31.0 Å². The first-order valence-electron chi connectivity index (χ1n) is 8.02. The molecule has 1 aromatic carbocycles. The maximum Gasteiger partial charge on any atom is 0.234 e. The predicted molar refractivity (Wildman–Crippen MR) is 87.3 cm³/mol. The van der Waals surface area contributed by atoms with Crippen LogP contribution in [0.15, 0.2) is 24.3 Å². The van der Waals surface area contributed by atoms with Crippen molar-refractivity contribution in [3.05, 3.63) is 29.8 Å². The number of carbonyl (C=O) groups is 1. The number of hydrogen-bond acceptors (Lipinski definition) is 5. The minimum atomic E-state index is -0.0537. The van der Waals surface area contributed by atoms with Crippen LogP contribution in [-0.4, -0.2) is 61.5 Å². The average Bonchev–Trinajstić information content (AvgIpc) is 2.96. The van der Waals surface area contributed by atoms with Gasteiger partial charge in [0, 0.05) is 26.2 Å². The Balaban J connectivity index is 1.82. The highest BCUT2D eigenvalue weighted by Crippen LogP contribution is 2.19. The Kier molecular flexibility index (Phi) is 6.83. The van der Waals surface area contributed by atoms with Crippen LogP contribution in [-0.2, 0) is 16.1 Å². The fourth-order valence-electron chi connectivity index (χ4n) is 2.85. The zero-order valence-electron chi connectivity index (χ0n) is 13.8. The Morgan fingerprint density at radius 2 is 2.30 bits per heavy atom. The summed E-state index contributed by atoms with van der Waals surface area (Å²) >= 11 is 0. The highest BCUT2D eigenvalue weighted by atomic mass is 16.5. The van der Waals surface area contributed by atoms with E-state index in [2.05, 4.69) is 5.32 Å². The molecular weight excluding hydrogens is 296 g/mol. The lowest BCUT2D eigenvalue weighted by atomic mass is 10.2. The van der Waals surface area contributed by atoms with Crippen molar-refractivity contribution in [2.45, 2.75) is 32.0 Å². The number of aliphatic hydroxyl groups is 1. The molecule has 0 bridgehead atoms. The molecule has 0 radical (unpaired) electrons. The molecule has 1 amide bonds. The molecule has 0 aliphatic carbocycles. The molecule has 0 aromatic heterocycles. The third kappa shape index (κ3) is 5.20. The molecule has 128 valence electrons. The number of aliphatic hydroxyl groups excluding tert-OH is 1. The predicted octanol–water partition coefficient (Wildman–Crippen LogP) is 0.783. The van der Waals surface area contributed by atoms with Gasteiger partial charge >= 0.3 is 0 Å². The van der Waals surface area contributed by atoms with Crippen LogP contribution in [0.3, 0.4) is 0 Å². The number of amides is 1. The summed E-state index contributed by atoms with van der Waals surface area (Å²) in [7, 11) is 1.66. The van der Waals surface area contributed by atoms with Gasteiger partial charge < -0.3 is 19.9 Å². The van der Waals surface area contributed by atoms with Crippen molar-refractivity contribution in [1.29, 1.82) is 0 Å². The summed E-state index contributed by atoms with van der Waals surface area (Å²) in [4.78, 5) is 14.1. The van der Waals surface area contributed by atoms with Crippen LogP contribution in [0.4, 0.5) is 0 Å². The van der Waals surface area contributed by atoms with Gasteiger partial charge in [-0.25, -0.2) is 0 Å². The van der Waals surface area contributed by atoms with E-state index in [0.717, 1.165) is 17.7 Å². The van der Waals surface area contributed by atoms with Gasteiger partial charge in [-0.1, -0.05) is 12.1 Å². The summed E-state index contributed by atoms with van der Waals surface area (Å²) < 4.78 is 10.8. The molecule has 0 saturated carbocycles. The molecule has 23 heavy (non-hydrogen) atoms. The second-order valence-electron chi connectivity index (χ2n) is 5.72. The number of ether oxygens (including phenoxy) is 2. The van der Waals surface area contributed by atoms with Gasteiger partial charge in [-0.3, -0.25) is 9.69 Å². The van der Waals surface area contributed by atoms with Crippen LogP contribution in [0, 0.1) is 0 Å². The van der Waals surface area contributed by atoms with Crippen LogP contribution < -0.4 is 10.1 Å². The van der Waals surface area contributed by atoms with Crippen molar-refractivity contribution in [2.24, 2.45) is 0 Å². The standard InChI is InChI=1S/C17H26N2O4/c1-3-23-15-6-4-5-13(7-15)9-18-17(21)11-19-10-16(22-2)8-14(19)12-20/h4-7,14,16,20H,3,8-12H2,1-2H3,(H,18,21)/t14-,16-/m0/s1. The molecule has 2 N–H and O–H groups in total. The highest BCUT2D eigenvalue weighted by molar-refractivity contribution is 5.78. The summed E-state index contributed by atoms with van der Waals surface area (Å²) in [6.07, 6.45) is 0.847. The first kappa shape index (κ1) is 17.7. The minimum absolute atomic E-state index is 0.00742. The number of hydrogen-bond donors (Lipinski definition) is 2. The summed E-state index contributed by atoms with van der Waals surface area (Å²) in [6, 6.07) is 7.69. The molecule has 0 unspecified atom stereocenters. The normalized spacial score (nSPS) is 21.3. The first-order chi connectivity index (χ1) is 11.2. The molecule has 6 nitrogen and oxygen atoms in total. The van der Waals surface area contributed by atoms with E-state index < -0.39 is 0 Å². The van der Waals surface area contributed by atoms with Crippen molar-refractivity contribution in [1.82, 2.24) is 10.2 Å². The molecular formula is C17H26N2O4. The van der Waals surface area contributed by atoms with Crippen molar-refractivity contribution in [2.75, 3.05) is 33.4 Å². The van der Waals surface area contributed by atoms with E-state index in [1.165, 1.54) is 0 Å². The van der Waals surface area contributed by atoms with Crippen LogP contribution in [0.1, 0.15) is 18.9 Å². The van der Waals surface area contributed by atoms with E-state index in [0.29, 0.717) is 19.7 Å². The quantitative estimate of drug-likeness (QED) is 0.740. The monoisotopic (exact) mass is 322 g/mol. The number of carbonyl (C=O) groups excluding carboxylic acids is 1. The molecule has 1 heterocycles. The Morgan fingerprint density at radius 3 is 3.00 bits per heavy atom. The van der Waals surface area contributed by atoms with Crippen molar-refractivity contribution < 1.29 is 19.4 Å². The number of nitrogens with zero attached hydrogens (tertiary/aromatic N) is 1. The first-order valence-corrected chi connectivity index (χ1v) is 8.02. The zero-order chi connectivity index (χ0) is 16.7. The van der Waals surface area contributed by atoms with Crippen LogP contribution >= 0.6 is 0 Å². The molecule has 0 spiro atoms. The number of likely N-dealkylation sites (tertiary alicyclic amines) is 1. The summed E-state index contributed by atoms with van der Waals surface area (Å²) in [5.74, 6) is 0.754. The Bertz CT molecular complexity index is 509. The topological polar surface area (TPSA) is 71.0 Å². The Morgan fingerprint density at radius 1 is 1.48 bits per heavy atom. The van der Waals surface area contributed by atoms with Gasteiger partial charge in [-0.15, -0.1) is 0 Å². The van der Waals surface area contributed by atoms with Crippen molar-refractivity contribution >= 4 is 5.91 Å². The van der Waals surface area contributed by atoms with E-state index in [-0.39, 0.29) is 31.2 Å². The van der Waals surface area contributed by atoms with E-state index in [1.54, 1.807) is 7.11 Å². The SMILES string of the molecule is CCOc1cccc(CNC(=O)CN2C[C@@H](OC)C[C@H]2CO)c1. The molecule has 1 aromatic rings. The summed E-state index contributed by atoms with van der Waals surface area (Å²) in [5, 5.41) is 12.3. The molecule has 2 atom stereocenters. The van der Waals surface area contributed by atoms with Gasteiger partial charge in [0.2, 0.25) is 5.91 Å². The Hall–Kier alpha value is -1.63. The smallest absolute Gasteiger partial charge is 0.234 e. The lowest BCUT2D eigenvalue weighted by Gasteiger charge is -2.21. The molecule has 1 aliphatic rings. The van der Waals surface area contributed by atoms with Crippen LogP contribution in [0.2, 0.25) is 0 Å². The number of methoxy groups -OCH3 is 1. The van der Waals surface area contributed by atoms with E-state index in [1.807, 2.05) is 36.1 Å². The molecule has 2 rings (SSSR count). The number of rotatable bonds is 8. The van der Waals surface area contributed by atoms with Crippen molar-refractivity contribution in [3.8, 4) is 5.75 Å². The molecule has 6 heteroatoms. The highest BCUT2D eigenvalue weighted by Gasteiger charge is 2.32. The molecule has 1 saturated heterocycles. The van der Waals surface area contributed by atoms with Gasteiger partial charge in [0.25, 0.3) is 0 Å². The minimum Gasteiger partial charge on any atom is -0.494 e. The Labute approximate surface area is 137 Å². The lowest BCUT2D eigenvalue weighted by Crippen LogP contribution is -2.41. The van der Waals surface area contributed by atoms with Gasteiger partial charge in [-0.2, -0.15) is 0 Å². The fourth-order valence-corrected chi connectivity index (χ4v) is 2.85. The largest absolute Gasteiger partial charge is 0.494 e. The van der Waals surface area contributed by atoms with Gasteiger partial charge in [0.1, 0.15) is 5.75 Å². The van der Waals surface area contributed by atoms with Gasteiger partial charge in [0.05, 0.1) is 25.9 Å². The zero-order valence-corrected chi connectivity index (χ0v) is 13.8. The average molecular weight is 322 g/mol. The van der Waals surface area contributed by atoms with E-state index in [9.17, 15) is 9.90 Å². The third-order valence-corrected chi connectivity index (χ3v) is 4.08. The second kappa shape index (κ2) is 8.86. The van der Waals surface area contributed by atoms with Crippen LogP contribution in [0.25, 0.3) is 0 Å².